The van der Waals surface area contributed by atoms with Gasteiger partial charge in [-0.1, -0.05) is 12.8 Å². The van der Waals surface area contributed by atoms with Gasteiger partial charge in [-0.25, -0.2) is 4.98 Å². The molecule has 7 heteroatoms. The number of rotatable bonds is 4. The molecule has 130 valence electrons. The monoisotopic (exact) mass is 331 g/mol. The topological polar surface area (TPSA) is 114 Å². The molecule has 1 aromatic heterocycles. The van der Waals surface area contributed by atoms with Gasteiger partial charge in [0.25, 0.3) is 0 Å². The Balaban J connectivity index is 1.69. The first kappa shape index (κ1) is 16.9. The maximum Gasteiger partial charge on any atom is 0.224 e. The minimum atomic E-state index is -0.406. The van der Waals surface area contributed by atoms with Gasteiger partial charge in [0.1, 0.15) is 17.5 Å². The lowest BCUT2D eigenvalue weighted by molar-refractivity contribution is 0.116. The van der Waals surface area contributed by atoms with E-state index in [1.165, 1.54) is 6.20 Å². The Morgan fingerprint density at radius 2 is 1.79 bits per heavy atom. The Morgan fingerprint density at radius 3 is 2.50 bits per heavy atom. The molecule has 0 spiro atoms. The second-order valence-electron chi connectivity index (χ2n) is 6.82. The van der Waals surface area contributed by atoms with Crippen LogP contribution in [0.15, 0.2) is 6.20 Å². The Labute approximate surface area is 142 Å². The largest absolute Gasteiger partial charge is 0.393 e. The molecule has 24 heavy (non-hydrogen) atoms. The normalized spacial score (nSPS) is 30.4. The van der Waals surface area contributed by atoms with E-state index in [4.69, 9.17) is 0 Å². The Kier molecular flexibility index (Phi) is 5.48. The van der Waals surface area contributed by atoms with Gasteiger partial charge in [-0.15, -0.1) is 0 Å². The van der Waals surface area contributed by atoms with Crippen molar-refractivity contribution < 1.29 is 10.2 Å². The molecule has 2 aliphatic rings. The number of aromatic nitrogens is 2. The van der Waals surface area contributed by atoms with Crippen LogP contribution in [0.1, 0.15) is 56.9 Å². The van der Waals surface area contributed by atoms with Crippen LogP contribution < -0.4 is 10.6 Å². The molecular formula is C17H25N5O2. The summed E-state index contributed by atoms with van der Waals surface area (Å²) in [6.45, 7) is 0. The number of nitrogens with zero attached hydrogens (tertiary/aromatic N) is 3. The van der Waals surface area contributed by atoms with Crippen LogP contribution in [0.2, 0.25) is 0 Å². The van der Waals surface area contributed by atoms with E-state index in [0.717, 1.165) is 51.4 Å². The molecule has 2 atom stereocenters. The standard InChI is InChI=1S/C17H25N5O2/c18-9-11-10-19-17(20-12-5-7-13(23)8-6-12)22-16(11)21-14-3-1-2-4-15(14)24/h10,12-15,23-24H,1-8H2,(H2,19,20,21,22)/t12?,13?,14-,15+/m1/s1. The maximum atomic E-state index is 10.1. The molecule has 2 saturated carbocycles. The van der Waals surface area contributed by atoms with Gasteiger partial charge < -0.3 is 20.8 Å². The predicted molar refractivity (Wildman–Crippen MR) is 90.5 cm³/mol. The third-order valence-corrected chi connectivity index (χ3v) is 4.99. The van der Waals surface area contributed by atoms with E-state index in [2.05, 4.69) is 26.7 Å². The molecule has 0 radical (unpaired) electrons. The highest BCUT2D eigenvalue weighted by molar-refractivity contribution is 5.54. The first-order valence-corrected chi connectivity index (χ1v) is 8.82. The van der Waals surface area contributed by atoms with Crippen molar-refractivity contribution in [1.82, 2.24) is 9.97 Å². The van der Waals surface area contributed by atoms with Gasteiger partial charge >= 0.3 is 0 Å². The number of aliphatic hydroxyl groups excluding tert-OH is 2. The second kappa shape index (κ2) is 7.77. The molecule has 3 rings (SSSR count). The summed E-state index contributed by atoms with van der Waals surface area (Å²) in [5.41, 5.74) is 0.386. The summed E-state index contributed by atoms with van der Waals surface area (Å²) in [7, 11) is 0. The number of nitriles is 1. The number of anilines is 2. The molecule has 0 saturated heterocycles. The number of nitrogens with one attached hydrogen (secondary N) is 2. The molecule has 1 heterocycles. The van der Waals surface area contributed by atoms with Crippen molar-refractivity contribution in [2.45, 2.75) is 75.7 Å². The number of hydrogen-bond donors (Lipinski definition) is 4. The maximum absolute atomic E-state index is 10.1. The SMILES string of the molecule is N#Cc1cnc(NC2CCC(O)CC2)nc1N[C@@H]1CCCC[C@@H]1O. The fraction of sp³-hybridized carbons (Fsp3) is 0.706. The van der Waals surface area contributed by atoms with Crippen LogP contribution in [0, 0.1) is 11.3 Å². The van der Waals surface area contributed by atoms with Gasteiger partial charge in [-0.3, -0.25) is 0 Å². The fourth-order valence-electron chi connectivity index (χ4n) is 3.50. The van der Waals surface area contributed by atoms with Crippen LogP contribution in [0.4, 0.5) is 11.8 Å². The predicted octanol–water partition coefficient (Wildman–Crippen LogP) is 1.78. The van der Waals surface area contributed by atoms with Crippen LogP contribution >= 0.6 is 0 Å². The molecule has 0 amide bonds. The molecule has 4 N–H and O–H groups in total. The average Bonchev–Trinajstić information content (AvgIpc) is 2.59. The first-order chi connectivity index (χ1) is 11.7. The Bertz CT molecular complexity index is 595. The van der Waals surface area contributed by atoms with Gasteiger partial charge in [-0.05, 0) is 38.5 Å². The Morgan fingerprint density at radius 1 is 1.04 bits per heavy atom. The van der Waals surface area contributed by atoms with Crippen molar-refractivity contribution in [3.63, 3.8) is 0 Å². The van der Waals surface area contributed by atoms with Gasteiger partial charge in [0.05, 0.1) is 24.4 Å². The molecule has 0 aliphatic heterocycles. The van der Waals surface area contributed by atoms with Crippen LogP contribution in [-0.4, -0.2) is 44.5 Å². The minimum Gasteiger partial charge on any atom is -0.393 e. The lowest BCUT2D eigenvalue weighted by atomic mass is 9.92. The zero-order valence-electron chi connectivity index (χ0n) is 13.8. The van der Waals surface area contributed by atoms with Crippen LogP contribution in [0.25, 0.3) is 0 Å². The van der Waals surface area contributed by atoms with E-state index in [9.17, 15) is 15.5 Å². The molecule has 0 unspecified atom stereocenters. The average molecular weight is 331 g/mol. The minimum absolute atomic E-state index is 0.0709. The molecule has 7 nitrogen and oxygen atoms in total. The molecular weight excluding hydrogens is 306 g/mol. The zero-order chi connectivity index (χ0) is 16.9. The molecule has 1 aromatic rings. The first-order valence-electron chi connectivity index (χ1n) is 8.82. The summed E-state index contributed by atoms with van der Waals surface area (Å²) in [6, 6.07) is 2.28. The summed E-state index contributed by atoms with van der Waals surface area (Å²) < 4.78 is 0. The quantitative estimate of drug-likeness (QED) is 0.665. The van der Waals surface area contributed by atoms with Crippen molar-refractivity contribution in [3.8, 4) is 6.07 Å². The molecule has 2 aliphatic carbocycles. The van der Waals surface area contributed by atoms with Crippen molar-refractivity contribution in [1.29, 1.82) is 5.26 Å². The summed E-state index contributed by atoms with van der Waals surface area (Å²) >= 11 is 0. The summed E-state index contributed by atoms with van der Waals surface area (Å²) in [4.78, 5) is 8.68. The second-order valence-corrected chi connectivity index (χ2v) is 6.82. The summed E-state index contributed by atoms with van der Waals surface area (Å²) in [5, 5.41) is 35.5. The lowest BCUT2D eigenvalue weighted by Crippen LogP contribution is -2.37. The third-order valence-electron chi connectivity index (χ3n) is 4.99. The van der Waals surface area contributed by atoms with E-state index < -0.39 is 6.10 Å². The van der Waals surface area contributed by atoms with Crippen LogP contribution in [-0.2, 0) is 0 Å². The molecule has 0 bridgehead atoms. The van der Waals surface area contributed by atoms with E-state index >= 15 is 0 Å². The van der Waals surface area contributed by atoms with Crippen molar-refractivity contribution in [2.75, 3.05) is 10.6 Å². The number of hydrogen-bond acceptors (Lipinski definition) is 7. The zero-order valence-corrected chi connectivity index (χ0v) is 13.8. The lowest BCUT2D eigenvalue weighted by Gasteiger charge is -2.29. The van der Waals surface area contributed by atoms with Gasteiger partial charge in [0.15, 0.2) is 0 Å². The van der Waals surface area contributed by atoms with Gasteiger partial charge in [0.2, 0.25) is 5.95 Å². The van der Waals surface area contributed by atoms with Crippen molar-refractivity contribution in [3.05, 3.63) is 11.8 Å². The molecule has 2 fully saturated rings. The highest BCUT2D eigenvalue weighted by Crippen LogP contribution is 2.25. The van der Waals surface area contributed by atoms with Gasteiger partial charge in [0, 0.05) is 6.04 Å². The van der Waals surface area contributed by atoms with E-state index in [-0.39, 0.29) is 18.2 Å². The van der Waals surface area contributed by atoms with Gasteiger partial charge in [-0.2, -0.15) is 10.2 Å². The Hall–Kier alpha value is -1.91. The highest BCUT2D eigenvalue weighted by atomic mass is 16.3. The molecule has 0 aromatic carbocycles. The summed E-state index contributed by atoms with van der Waals surface area (Å²) in [6.07, 6.45) is 8.01. The van der Waals surface area contributed by atoms with E-state index in [0.29, 0.717) is 17.3 Å². The highest BCUT2D eigenvalue weighted by Gasteiger charge is 2.25. The summed E-state index contributed by atoms with van der Waals surface area (Å²) in [5.74, 6) is 0.972. The van der Waals surface area contributed by atoms with Crippen LogP contribution in [0.3, 0.4) is 0 Å². The van der Waals surface area contributed by atoms with Crippen molar-refractivity contribution >= 4 is 11.8 Å². The van der Waals surface area contributed by atoms with E-state index in [1.54, 1.807) is 0 Å². The fourth-order valence-corrected chi connectivity index (χ4v) is 3.50. The van der Waals surface area contributed by atoms with Crippen molar-refractivity contribution in [2.24, 2.45) is 0 Å². The smallest absolute Gasteiger partial charge is 0.224 e. The third kappa shape index (κ3) is 4.13. The van der Waals surface area contributed by atoms with E-state index in [1.807, 2.05) is 0 Å². The number of aliphatic hydroxyl groups is 2. The van der Waals surface area contributed by atoms with Crippen LogP contribution in [0.5, 0.6) is 0 Å².